The van der Waals surface area contributed by atoms with Crippen molar-refractivity contribution in [1.29, 1.82) is 0 Å². The average molecular weight is 393 g/mol. The summed E-state index contributed by atoms with van der Waals surface area (Å²) in [5.41, 5.74) is 0.558. The fourth-order valence-electron chi connectivity index (χ4n) is 1.95. The third-order valence-corrected chi connectivity index (χ3v) is 3.48. The molecule has 0 spiro atoms. The van der Waals surface area contributed by atoms with Crippen LogP contribution >= 0.6 is 23.2 Å². The molecule has 0 bridgehead atoms. The van der Waals surface area contributed by atoms with Gasteiger partial charge in [-0.05, 0) is 24.1 Å². The van der Waals surface area contributed by atoms with Crippen molar-refractivity contribution in [3.63, 3.8) is 0 Å². The van der Waals surface area contributed by atoms with E-state index in [1.807, 2.05) is 0 Å². The Bertz CT molecular complexity index is 738. The lowest BCUT2D eigenvalue weighted by Gasteiger charge is -2.09. The molecule has 0 amide bonds. The van der Waals surface area contributed by atoms with Crippen LogP contribution in [0.5, 0.6) is 17.2 Å². The molecule has 0 aliphatic heterocycles. The second-order valence-corrected chi connectivity index (χ2v) is 5.71. The van der Waals surface area contributed by atoms with Gasteiger partial charge in [-0.1, -0.05) is 47.5 Å². The van der Waals surface area contributed by atoms with Crippen LogP contribution in [0, 0.1) is 0 Å². The van der Waals surface area contributed by atoms with E-state index < -0.39 is 6.36 Å². The normalized spacial score (nSPS) is 11.7. The predicted octanol–water partition coefficient (Wildman–Crippen LogP) is 6.08. The highest BCUT2D eigenvalue weighted by molar-refractivity contribution is 6.37. The van der Waals surface area contributed by atoms with E-state index in [2.05, 4.69) is 4.74 Å². The highest BCUT2D eigenvalue weighted by Gasteiger charge is 2.30. The van der Waals surface area contributed by atoms with Gasteiger partial charge >= 0.3 is 6.36 Å². The number of benzene rings is 2. The van der Waals surface area contributed by atoms with Gasteiger partial charge in [0, 0.05) is 12.1 Å². The number of rotatable bonds is 6. The van der Waals surface area contributed by atoms with Crippen molar-refractivity contribution < 1.29 is 27.8 Å². The van der Waals surface area contributed by atoms with Gasteiger partial charge in [0.2, 0.25) is 0 Å². The fourth-order valence-corrected chi connectivity index (χ4v) is 2.53. The Morgan fingerprint density at radius 2 is 1.76 bits per heavy atom. The Labute approximate surface area is 152 Å². The zero-order valence-corrected chi connectivity index (χ0v) is 14.2. The quantitative estimate of drug-likeness (QED) is 0.605. The van der Waals surface area contributed by atoms with Crippen LogP contribution in [0.2, 0.25) is 10.0 Å². The van der Waals surface area contributed by atoms with E-state index in [0.717, 1.165) is 0 Å². The van der Waals surface area contributed by atoms with E-state index >= 15 is 0 Å². The van der Waals surface area contributed by atoms with Crippen LogP contribution in [0.25, 0.3) is 6.08 Å². The summed E-state index contributed by atoms with van der Waals surface area (Å²) in [6.45, 7) is 0.249. The molecule has 2 aromatic carbocycles. The molecule has 0 fully saturated rings. The minimum atomic E-state index is -4.72. The van der Waals surface area contributed by atoms with E-state index in [-0.39, 0.29) is 33.9 Å². The summed E-state index contributed by atoms with van der Waals surface area (Å²) in [6.07, 6.45) is -0.877. The Hall–Kier alpha value is -2.05. The highest BCUT2D eigenvalue weighted by atomic mass is 35.5. The molecule has 2 aromatic rings. The summed E-state index contributed by atoms with van der Waals surface area (Å²) in [7, 11) is 0. The Balaban J connectivity index is 1.89. The molecule has 3 nitrogen and oxygen atoms in total. The third-order valence-electron chi connectivity index (χ3n) is 2.92. The Morgan fingerprint density at radius 3 is 2.40 bits per heavy atom. The minimum Gasteiger partial charge on any atom is -0.508 e. The third kappa shape index (κ3) is 6.40. The van der Waals surface area contributed by atoms with Crippen LogP contribution in [0.1, 0.15) is 12.0 Å². The standard InChI is InChI=1S/C17H13Cl2F3O3/c18-14-9-12(23)10-15(19)16(14)24-7-2-1-4-11-5-3-6-13(8-11)25-17(20,21)22/h1,3-6,8-10,23H,2,7H2. The summed E-state index contributed by atoms with van der Waals surface area (Å²) in [5.74, 6) is -0.0909. The topological polar surface area (TPSA) is 38.7 Å². The van der Waals surface area contributed by atoms with Gasteiger partial charge < -0.3 is 14.6 Å². The molecule has 134 valence electrons. The van der Waals surface area contributed by atoms with Crippen molar-refractivity contribution in [3.05, 3.63) is 58.1 Å². The maximum Gasteiger partial charge on any atom is 0.573 e. The zero-order chi connectivity index (χ0) is 18.4. The van der Waals surface area contributed by atoms with Crippen molar-refractivity contribution in [2.45, 2.75) is 12.8 Å². The van der Waals surface area contributed by atoms with Gasteiger partial charge in [0.05, 0.1) is 16.7 Å². The molecule has 0 heterocycles. The van der Waals surface area contributed by atoms with Crippen molar-refractivity contribution in [2.24, 2.45) is 0 Å². The lowest BCUT2D eigenvalue weighted by molar-refractivity contribution is -0.274. The summed E-state index contributed by atoms with van der Waals surface area (Å²) in [4.78, 5) is 0. The number of hydrogen-bond donors (Lipinski definition) is 1. The molecule has 0 aliphatic rings. The first kappa shape index (κ1) is 19.3. The maximum atomic E-state index is 12.2. The number of alkyl halides is 3. The van der Waals surface area contributed by atoms with Crippen LogP contribution in [-0.4, -0.2) is 18.1 Å². The van der Waals surface area contributed by atoms with Gasteiger partial charge in [-0.15, -0.1) is 13.2 Å². The largest absolute Gasteiger partial charge is 0.573 e. The Morgan fingerprint density at radius 1 is 1.08 bits per heavy atom. The van der Waals surface area contributed by atoms with Gasteiger partial charge in [0.1, 0.15) is 11.5 Å². The van der Waals surface area contributed by atoms with E-state index in [1.54, 1.807) is 18.2 Å². The van der Waals surface area contributed by atoms with Gasteiger partial charge in [-0.25, -0.2) is 0 Å². The van der Waals surface area contributed by atoms with Crippen molar-refractivity contribution in [2.75, 3.05) is 6.61 Å². The zero-order valence-electron chi connectivity index (χ0n) is 12.7. The number of aromatic hydroxyl groups is 1. The molecule has 0 unspecified atom stereocenters. The first-order chi connectivity index (χ1) is 11.7. The fraction of sp³-hybridized carbons (Fsp3) is 0.176. The van der Waals surface area contributed by atoms with Crippen molar-refractivity contribution in [1.82, 2.24) is 0 Å². The molecule has 0 aromatic heterocycles. The number of phenols is 1. The first-order valence-corrected chi connectivity index (χ1v) is 7.83. The molecule has 0 atom stereocenters. The van der Waals surface area contributed by atoms with Crippen LogP contribution in [0.15, 0.2) is 42.5 Å². The van der Waals surface area contributed by atoms with Gasteiger partial charge in [0.15, 0.2) is 5.75 Å². The van der Waals surface area contributed by atoms with Crippen molar-refractivity contribution >= 4 is 29.3 Å². The second kappa shape index (κ2) is 8.36. The van der Waals surface area contributed by atoms with Gasteiger partial charge in [0.25, 0.3) is 0 Å². The molecule has 2 rings (SSSR count). The second-order valence-electron chi connectivity index (χ2n) is 4.90. The number of phenolic OH excluding ortho intramolecular Hbond substituents is 1. The van der Waals surface area contributed by atoms with E-state index in [1.165, 1.54) is 30.3 Å². The van der Waals surface area contributed by atoms with Crippen LogP contribution in [0.3, 0.4) is 0 Å². The molecule has 0 saturated carbocycles. The maximum absolute atomic E-state index is 12.2. The van der Waals surface area contributed by atoms with Crippen LogP contribution in [-0.2, 0) is 0 Å². The monoisotopic (exact) mass is 392 g/mol. The number of hydrogen-bond acceptors (Lipinski definition) is 3. The molecule has 25 heavy (non-hydrogen) atoms. The molecule has 0 saturated heterocycles. The molecular weight excluding hydrogens is 380 g/mol. The van der Waals surface area contributed by atoms with E-state index in [0.29, 0.717) is 12.0 Å². The summed E-state index contributed by atoms with van der Waals surface area (Å²) < 4.78 is 45.9. The first-order valence-electron chi connectivity index (χ1n) is 7.08. The SMILES string of the molecule is Oc1cc(Cl)c(OCCC=Cc2cccc(OC(F)(F)F)c2)c(Cl)c1. The molecule has 0 radical (unpaired) electrons. The average Bonchev–Trinajstić information content (AvgIpc) is 2.47. The van der Waals surface area contributed by atoms with E-state index in [4.69, 9.17) is 27.9 Å². The van der Waals surface area contributed by atoms with Gasteiger partial charge in [-0.2, -0.15) is 0 Å². The summed E-state index contributed by atoms with van der Waals surface area (Å²) in [6, 6.07) is 8.23. The van der Waals surface area contributed by atoms with E-state index in [9.17, 15) is 18.3 Å². The minimum absolute atomic E-state index is 0.0665. The molecular formula is C17H13Cl2F3O3. The highest BCUT2D eigenvalue weighted by Crippen LogP contribution is 2.36. The van der Waals surface area contributed by atoms with Crippen LogP contribution < -0.4 is 9.47 Å². The number of ether oxygens (including phenoxy) is 2. The lowest BCUT2D eigenvalue weighted by atomic mass is 10.2. The predicted molar refractivity (Wildman–Crippen MR) is 90.4 cm³/mol. The lowest BCUT2D eigenvalue weighted by Crippen LogP contribution is -2.17. The van der Waals surface area contributed by atoms with Crippen LogP contribution in [0.4, 0.5) is 13.2 Å². The smallest absolute Gasteiger partial charge is 0.508 e. The molecule has 1 N–H and O–H groups in total. The van der Waals surface area contributed by atoms with Crippen molar-refractivity contribution in [3.8, 4) is 17.2 Å². The Kier molecular flexibility index (Phi) is 6.45. The summed E-state index contributed by atoms with van der Waals surface area (Å²) >= 11 is 11.8. The number of halogens is 5. The molecule has 8 heteroatoms. The molecule has 0 aliphatic carbocycles. The summed E-state index contributed by atoms with van der Waals surface area (Å²) in [5, 5.41) is 9.70. The van der Waals surface area contributed by atoms with Gasteiger partial charge in [-0.3, -0.25) is 0 Å².